The van der Waals surface area contributed by atoms with Gasteiger partial charge in [0.25, 0.3) is 0 Å². The van der Waals surface area contributed by atoms with E-state index in [1.165, 1.54) is 0 Å². The maximum absolute atomic E-state index is 9.15. The van der Waals surface area contributed by atoms with Crippen LogP contribution in [0.15, 0.2) is 56.2 Å². The predicted octanol–water partition coefficient (Wildman–Crippen LogP) is 1.67. The Morgan fingerprint density at radius 3 is 2.08 bits per heavy atom. The number of nitrogens with zero attached hydrogens (tertiary/aromatic N) is 8. The highest BCUT2D eigenvalue weighted by molar-refractivity contribution is 5.46. The van der Waals surface area contributed by atoms with Gasteiger partial charge in [0.15, 0.2) is 11.8 Å². The monoisotopic (exact) mass is 326 g/mol. The zero-order chi connectivity index (χ0) is 17.9. The van der Waals surface area contributed by atoms with Gasteiger partial charge in [-0.25, -0.2) is 0 Å². The van der Waals surface area contributed by atoms with E-state index in [2.05, 4.69) is 20.6 Å². The van der Waals surface area contributed by atoms with Gasteiger partial charge in [-0.15, -0.1) is 5.11 Å². The molecule has 9 heteroatoms. The first-order valence-electron chi connectivity index (χ1n) is 7.13. The fourth-order valence-corrected chi connectivity index (χ4v) is 1.61. The molecule has 0 radical (unpaired) electrons. The number of benzene rings is 1. The van der Waals surface area contributed by atoms with Crippen molar-refractivity contribution in [2.45, 2.75) is 0 Å². The van der Waals surface area contributed by atoms with Gasteiger partial charge >= 0.3 is 0 Å². The summed E-state index contributed by atoms with van der Waals surface area (Å²) in [6, 6.07) is 11.1. The molecule has 0 amide bonds. The highest BCUT2D eigenvalue weighted by Crippen LogP contribution is 2.19. The number of hydrogen-bond acceptors (Lipinski definition) is 7. The average molecular weight is 326 g/mol. The molecule has 24 heavy (non-hydrogen) atoms. The highest BCUT2D eigenvalue weighted by atomic mass is 15.5. The molecule has 0 aliphatic rings. The number of quaternary nitrogens is 1. The summed E-state index contributed by atoms with van der Waals surface area (Å²) < 4.78 is 0. The third kappa shape index (κ3) is 5.83. The molecular formula is C15H20N9+. The largest absolute Gasteiger partial charge is 0.340 e. The zero-order valence-corrected chi connectivity index (χ0v) is 14.2. The van der Waals surface area contributed by atoms with E-state index in [1.807, 2.05) is 12.1 Å². The molecule has 2 N–H and O–H groups in total. The van der Waals surface area contributed by atoms with Crippen molar-refractivity contribution in [3.05, 3.63) is 35.7 Å². The van der Waals surface area contributed by atoms with Crippen LogP contribution in [0.25, 0.3) is 0 Å². The van der Waals surface area contributed by atoms with Crippen LogP contribution in [0.4, 0.5) is 11.4 Å². The summed E-state index contributed by atoms with van der Waals surface area (Å²) in [6.07, 6.45) is 0. The molecule has 0 spiro atoms. The summed E-state index contributed by atoms with van der Waals surface area (Å²) in [7, 11) is 6.98. The van der Waals surface area contributed by atoms with Gasteiger partial charge < -0.3 is 10.2 Å². The van der Waals surface area contributed by atoms with Crippen molar-refractivity contribution in [1.82, 2.24) is 9.91 Å². The van der Waals surface area contributed by atoms with E-state index in [-0.39, 0.29) is 12.4 Å². The van der Waals surface area contributed by atoms with Gasteiger partial charge in [-0.05, 0) is 24.3 Å². The fourth-order valence-electron chi connectivity index (χ4n) is 1.61. The van der Waals surface area contributed by atoms with Gasteiger partial charge in [0, 0.05) is 21.1 Å². The summed E-state index contributed by atoms with van der Waals surface area (Å²) in [5, 5.41) is 37.4. The third-order valence-electron chi connectivity index (χ3n) is 2.80. The van der Waals surface area contributed by atoms with E-state index in [0.29, 0.717) is 17.1 Å². The number of hydrogen-bond donors (Lipinski definition) is 1. The van der Waals surface area contributed by atoms with Crippen LogP contribution < -0.4 is 5.32 Å². The Morgan fingerprint density at radius 1 is 1.04 bits per heavy atom. The summed E-state index contributed by atoms with van der Waals surface area (Å²) in [4.78, 5) is 1.57. The van der Waals surface area contributed by atoms with Gasteiger partial charge in [0.2, 0.25) is 5.70 Å². The number of allylic oxidation sites excluding steroid dienone is 2. The lowest BCUT2D eigenvalue weighted by atomic mass is 10.3. The van der Waals surface area contributed by atoms with Crippen LogP contribution in [-0.2, 0) is 0 Å². The Morgan fingerprint density at radius 2 is 1.62 bits per heavy atom. The van der Waals surface area contributed by atoms with Crippen LogP contribution in [0, 0.1) is 22.7 Å². The van der Waals surface area contributed by atoms with Crippen molar-refractivity contribution in [2.24, 2.45) is 20.6 Å². The normalized spacial score (nSPS) is 11.9. The lowest BCUT2D eigenvalue weighted by Crippen LogP contribution is -2.77. The molecule has 9 nitrogen and oxygen atoms in total. The molecule has 0 saturated carbocycles. The molecule has 0 aliphatic carbocycles. The molecule has 1 aromatic rings. The SMILES string of the molecule is C[NH2+]/C(C#N)=C(/C#N)N(C)CN=Nc1ccc(N=NN(C)C)cc1. The van der Waals surface area contributed by atoms with Crippen LogP contribution in [0.2, 0.25) is 0 Å². The molecule has 0 bridgehead atoms. The first-order chi connectivity index (χ1) is 11.5. The number of azo groups is 1. The molecule has 0 unspecified atom stereocenters. The Hall–Kier alpha value is -3.30. The van der Waals surface area contributed by atoms with E-state index in [0.717, 1.165) is 0 Å². The minimum absolute atomic E-state index is 0.171. The van der Waals surface area contributed by atoms with E-state index < -0.39 is 0 Å². The molecule has 1 rings (SSSR count). The average Bonchev–Trinajstić information content (AvgIpc) is 2.58. The highest BCUT2D eigenvalue weighted by Gasteiger charge is 2.13. The third-order valence-corrected chi connectivity index (χ3v) is 2.80. The van der Waals surface area contributed by atoms with Crippen LogP contribution >= 0.6 is 0 Å². The predicted molar refractivity (Wildman–Crippen MR) is 87.9 cm³/mol. The smallest absolute Gasteiger partial charge is 0.242 e. The molecular weight excluding hydrogens is 306 g/mol. The molecule has 1 aromatic carbocycles. The van der Waals surface area contributed by atoms with Crippen molar-refractivity contribution in [3.63, 3.8) is 0 Å². The number of nitriles is 2. The minimum atomic E-state index is 0.171. The van der Waals surface area contributed by atoms with Gasteiger partial charge in [-0.2, -0.15) is 20.8 Å². The van der Waals surface area contributed by atoms with Gasteiger partial charge in [-0.3, -0.25) is 5.01 Å². The molecule has 0 atom stereocenters. The van der Waals surface area contributed by atoms with Crippen LogP contribution in [0.5, 0.6) is 0 Å². The maximum atomic E-state index is 9.15. The first-order valence-corrected chi connectivity index (χ1v) is 7.13. The second kappa shape index (κ2) is 9.66. The standard InChI is InChI=1S/C15H19N9/c1-18-14(9-16)15(10-17)24(4)11-19-20-12-5-7-13(8-6-12)21-22-23(2)3/h5-8,18H,11H2,1-4H3/p+1/b15-14-,20-19?,22-21?. The number of nitrogens with two attached hydrogens (primary N) is 1. The lowest BCUT2D eigenvalue weighted by molar-refractivity contribution is -0.571. The summed E-state index contributed by atoms with van der Waals surface area (Å²) in [6.45, 7) is 0.171. The lowest BCUT2D eigenvalue weighted by Gasteiger charge is -2.13. The topological polar surface area (TPSA) is 120 Å². The van der Waals surface area contributed by atoms with E-state index in [1.54, 1.807) is 67.7 Å². The summed E-state index contributed by atoms with van der Waals surface area (Å²) >= 11 is 0. The van der Waals surface area contributed by atoms with E-state index >= 15 is 0 Å². The summed E-state index contributed by atoms with van der Waals surface area (Å²) in [5.74, 6) is 0. The molecule has 0 aromatic heterocycles. The number of rotatable bonds is 7. The van der Waals surface area contributed by atoms with Gasteiger partial charge in [0.05, 0.1) is 18.4 Å². The van der Waals surface area contributed by atoms with Gasteiger partial charge in [0.1, 0.15) is 12.7 Å². The maximum Gasteiger partial charge on any atom is 0.242 e. The molecule has 124 valence electrons. The van der Waals surface area contributed by atoms with Gasteiger partial charge in [-0.1, -0.05) is 5.22 Å². The first kappa shape index (κ1) is 18.7. The Kier molecular flexibility index (Phi) is 7.55. The van der Waals surface area contributed by atoms with Crippen molar-refractivity contribution >= 4 is 11.4 Å². The second-order valence-electron chi connectivity index (χ2n) is 4.91. The Balaban J connectivity index is 2.72. The van der Waals surface area contributed by atoms with Crippen molar-refractivity contribution in [1.29, 1.82) is 10.5 Å². The molecule has 0 aliphatic heterocycles. The Labute approximate surface area is 141 Å². The fraction of sp³-hybridized carbons (Fsp3) is 0.333. The van der Waals surface area contributed by atoms with Crippen LogP contribution in [0.1, 0.15) is 0 Å². The van der Waals surface area contributed by atoms with Crippen molar-refractivity contribution < 1.29 is 5.32 Å². The quantitative estimate of drug-likeness (QED) is 0.465. The molecule has 0 heterocycles. The van der Waals surface area contributed by atoms with E-state index in [4.69, 9.17) is 10.5 Å². The van der Waals surface area contributed by atoms with Crippen molar-refractivity contribution in [2.75, 3.05) is 34.9 Å². The molecule has 0 saturated heterocycles. The van der Waals surface area contributed by atoms with E-state index in [9.17, 15) is 0 Å². The molecule has 0 fully saturated rings. The van der Waals surface area contributed by atoms with Crippen LogP contribution in [-0.4, -0.2) is 44.8 Å². The minimum Gasteiger partial charge on any atom is -0.340 e. The van der Waals surface area contributed by atoms with Crippen LogP contribution in [0.3, 0.4) is 0 Å². The van der Waals surface area contributed by atoms with Crippen molar-refractivity contribution in [3.8, 4) is 12.1 Å². The Bertz CT molecular complexity index is 702. The zero-order valence-electron chi connectivity index (χ0n) is 14.2. The second-order valence-corrected chi connectivity index (χ2v) is 4.91. The summed E-state index contributed by atoms with van der Waals surface area (Å²) in [5.41, 5.74) is 1.95.